The number of aryl methyl sites for hydroxylation is 1. The van der Waals surface area contributed by atoms with E-state index < -0.39 is 0 Å². The highest BCUT2D eigenvalue weighted by molar-refractivity contribution is 5.76. The molecule has 0 N–H and O–H groups in total. The van der Waals surface area contributed by atoms with Crippen LogP contribution in [0.15, 0.2) is 57.8 Å². The van der Waals surface area contributed by atoms with Gasteiger partial charge in [0.1, 0.15) is 5.75 Å². The maximum absolute atomic E-state index is 11.6. The average Bonchev–Trinajstić information content (AvgIpc) is 3.01. The zero-order valence-corrected chi connectivity index (χ0v) is 16.3. The van der Waals surface area contributed by atoms with E-state index in [9.17, 15) is 4.79 Å². The summed E-state index contributed by atoms with van der Waals surface area (Å²) in [6, 6.07) is 14.0. The SMILES string of the molecule is COc1ccccc1N1CCN(C/C=C/c2ccc3c(c2)oc(=O)n3C)CC1. The molecule has 0 aliphatic carbocycles. The van der Waals surface area contributed by atoms with Gasteiger partial charge in [-0.2, -0.15) is 0 Å². The first-order valence-electron chi connectivity index (χ1n) is 9.52. The predicted molar refractivity (Wildman–Crippen MR) is 112 cm³/mol. The van der Waals surface area contributed by atoms with Crippen molar-refractivity contribution >= 4 is 22.9 Å². The Morgan fingerprint density at radius 2 is 1.89 bits per heavy atom. The van der Waals surface area contributed by atoms with Crippen LogP contribution in [0.5, 0.6) is 5.75 Å². The molecular formula is C22H25N3O3. The number of oxazole rings is 1. The molecule has 1 aliphatic rings. The first kappa shape index (κ1) is 18.4. The minimum Gasteiger partial charge on any atom is -0.495 e. The average molecular weight is 379 g/mol. The van der Waals surface area contributed by atoms with E-state index in [0.717, 1.165) is 55.2 Å². The molecule has 1 aromatic heterocycles. The summed E-state index contributed by atoms with van der Waals surface area (Å²) in [5, 5.41) is 0. The summed E-state index contributed by atoms with van der Waals surface area (Å²) in [5.74, 6) is 0.600. The van der Waals surface area contributed by atoms with Crippen molar-refractivity contribution < 1.29 is 9.15 Å². The second-order valence-electron chi connectivity index (χ2n) is 7.02. The van der Waals surface area contributed by atoms with Crippen LogP contribution >= 0.6 is 0 Å². The lowest BCUT2D eigenvalue weighted by Gasteiger charge is -2.36. The molecule has 2 heterocycles. The molecule has 28 heavy (non-hydrogen) atoms. The maximum Gasteiger partial charge on any atom is 0.419 e. The van der Waals surface area contributed by atoms with Gasteiger partial charge in [-0.15, -0.1) is 0 Å². The fourth-order valence-electron chi connectivity index (χ4n) is 3.65. The summed E-state index contributed by atoms with van der Waals surface area (Å²) in [4.78, 5) is 16.4. The van der Waals surface area contributed by atoms with E-state index in [1.165, 1.54) is 4.57 Å². The Bertz CT molecular complexity index is 1040. The monoisotopic (exact) mass is 379 g/mol. The van der Waals surface area contributed by atoms with E-state index in [1.807, 2.05) is 30.3 Å². The fraction of sp³-hybridized carbons (Fsp3) is 0.318. The van der Waals surface area contributed by atoms with Crippen LogP contribution in [0.4, 0.5) is 5.69 Å². The van der Waals surface area contributed by atoms with Gasteiger partial charge in [-0.1, -0.05) is 30.4 Å². The highest BCUT2D eigenvalue weighted by atomic mass is 16.5. The van der Waals surface area contributed by atoms with Crippen molar-refractivity contribution in [2.24, 2.45) is 7.05 Å². The molecule has 0 unspecified atom stereocenters. The van der Waals surface area contributed by atoms with Gasteiger partial charge < -0.3 is 14.1 Å². The number of anilines is 1. The summed E-state index contributed by atoms with van der Waals surface area (Å²) < 4.78 is 12.3. The second kappa shape index (κ2) is 7.94. The summed E-state index contributed by atoms with van der Waals surface area (Å²) in [7, 11) is 3.44. The first-order chi connectivity index (χ1) is 13.7. The molecule has 1 aliphatic heterocycles. The summed E-state index contributed by atoms with van der Waals surface area (Å²) in [6.45, 7) is 4.88. The second-order valence-corrected chi connectivity index (χ2v) is 7.02. The number of aromatic nitrogens is 1. The van der Waals surface area contributed by atoms with Gasteiger partial charge in [-0.05, 0) is 29.8 Å². The minimum absolute atomic E-state index is 0.330. The Morgan fingerprint density at radius 3 is 2.68 bits per heavy atom. The van der Waals surface area contributed by atoms with E-state index in [-0.39, 0.29) is 5.76 Å². The number of nitrogens with zero attached hydrogens (tertiary/aromatic N) is 3. The van der Waals surface area contributed by atoms with Crippen LogP contribution in [0.3, 0.4) is 0 Å². The van der Waals surface area contributed by atoms with Crippen LogP contribution in [-0.4, -0.2) is 49.3 Å². The highest BCUT2D eigenvalue weighted by Gasteiger charge is 2.18. The van der Waals surface area contributed by atoms with Gasteiger partial charge in [0.2, 0.25) is 0 Å². The van der Waals surface area contributed by atoms with E-state index >= 15 is 0 Å². The van der Waals surface area contributed by atoms with Crippen molar-refractivity contribution in [2.45, 2.75) is 0 Å². The van der Waals surface area contributed by atoms with Gasteiger partial charge in [-0.3, -0.25) is 9.47 Å². The van der Waals surface area contributed by atoms with Crippen molar-refractivity contribution in [3.05, 3.63) is 64.7 Å². The standard InChI is InChI=1S/C22H25N3O3/c1-23-18-10-9-17(16-21(18)28-22(23)26)6-5-11-24-12-14-25(15-13-24)19-7-3-4-8-20(19)27-2/h3-10,16H,11-15H2,1-2H3/b6-5+. The maximum atomic E-state index is 11.6. The lowest BCUT2D eigenvalue weighted by molar-refractivity contribution is 0.283. The van der Waals surface area contributed by atoms with Crippen LogP contribution in [0.25, 0.3) is 17.2 Å². The third-order valence-corrected chi connectivity index (χ3v) is 5.29. The summed E-state index contributed by atoms with van der Waals surface area (Å²) in [6.07, 6.45) is 4.25. The van der Waals surface area contributed by atoms with Crippen molar-refractivity contribution in [1.29, 1.82) is 0 Å². The fourth-order valence-corrected chi connectivity index (χ4v) is 3.65. The third-order valence-electron chi connectivity index (χ3n) is 5.29. The Balaban J connectivity index is 1.34. The van der Waals surface area contributed by atoms with Crippen molar-refractivity contribution in [2.75, 3.05) is 44.7 Å². The van der Waals surface area contributed by atoms with Gasteiger partial charge in [0.15, 0.2) is 5.58 Å². The van der Waals surface area contributed by atoms with Crippen LogP contribution in [0, 0.1) is 0 Å². The number of hydrogen-bond donors (Lipinski definition) is 0. The number of para-hydroxylation sites is 2. The van der Waals surface area contributed by atoms with Crippen molar-refractivity contribution in [1.82, 2.24) is 9.47 Å². The number of benzene rings is 2. The van der Waals surface area contributed by atoms with Crippen LogP contribution in [-0.2, 0) is 7.05 Å². The van der Waals surface area contributed by atoms with Crippen molar-refractivity contribution in [3.63, 3.8) is 0 Å². The zero-order valence-electron chi connectivity index (χ0n) is 16.3. The first-order valence-corrected chi connectivity index (χ1v) is 9.52. The molecule has 146 valence electrons. The molecule has 0 radical (unpaired) electrons. The molecule has 6 heteroatoms. The zero-order chi connectivity index (χ0) is 19.5. The Morgan fingerprint density at radius 1 is 1.11 bits per heavy atom. The van der Waals surface area contributed by atoms with E-state index in [4.69, 9.17) is 9.15 Å². The van der Waals surface area contributed by atoms with Crippen LogP contribution in [0.1, 0.15) is 5.56 Å². The minimum atomic E-state index is -0.330. The molecule has 0 atom stereocenters. The molecule has 0 saturated carbocycles. The normalized spacial score (nSPS) is 15.6. The number of fused-ring (bicyclic) bond motifs is 1. The number of hydrogen-bond acceptors (Lipinski definition) is 5. The van der Waals surface area contributed by atoms with Crippen LogP contribution in [0.2, 0.25) is 0 Å². The lowest BCUT2D eigenvalue weighted by Crippen LogP contribution is -2.46. The van der Waals surface area contributed by atoms with Crippen molar-refractivity contribution in [3.8, 4) is 5.75 Å². The quantitative estimate of drug-likeness (QED) is 0.682. The van der Waals surface area contributed by atoms with Gasteiger partial charge in [-0.25, -0.2) is 4.79 Å². The highest BCUT2D eigenvalue weighted by Crippen LogP contribution is 2.28. The van der Waals surface area contributed by atoms with Gasteiger partial charge >= 0.3 is 5.76 Å². The van der Waals surface area contributed by atoms with Gasteiger partial charge in [0, 0.05) is 39.8 Å². The lowest BCUT2D eigenvalue weighted by atomic mass is 10.2. The molecule has 2 aromatic carbocycles. The van der Waals surface area contributed by atoms with Crippen LogP contribution < -0.4 is 15.4 Å². The topological polar surface area (TPSA) is 50.9 Å². The Hall–Kier alpha value is -2.99. The summed E-state index contributed by atoms with van der Waals surface area (Å²) >= 11 is 0. The number of piperazine rings is 1. The molecule has 0 amide bonds. The Labute approximate surface area is 164 Å². The van der Waals surface area contributed by atoms with Gasteiger partial charge in [0.05, 0.1) is 18.3 Å². The number of ether oxygens (including phenoxy) is 1. The van der Waals surface area contributed by atoms with E-state index in [2.05, 4.69) is 34.1 Å². The molecule has 4 rings (SSSR count). The molecule has 3 aromatic rings. The molecule has 0 bridgehead atoms. The largest absolute Gasteiger partial charge is 0.495 e. The smallest absolute Gasteiger partial charge is 0.419 e. The number of rotatable bonds is 5. The Kier molecular flexibility index (Phi) is 5.21. The molecule has 1 saturated heterocycles. The van der Waals surface area contributed by atoms with E-state index in [0.29, 0.717) is 5.58 Å². The predicted octanol–water partition coefficient (Wildman–Crippen LogP) is 2.98. The third kappa shape index (κ3) is 3.68. The van der Waals surface area contributed by atoms with E-state index in [1.54, 1.807) is 14.2 Å². The molecule has 1 fully saturated rings. The van der Waals surface area contributed by atoms with Gasteiger partial charge in [0.25, 0.3) is 0 Å². The number of methoxy groups -OCH3 is 1. The summed E-state index contributed by atoms with van der Waals surface area (Å²) in [5.41, 5.74) is 3.64. The molecule has 0 spiro atoms. The molecule has 6 nitrogen and oxygen atoms in total. The molecular weight excluding hydrogens is 354 g/mol.